The normalized spacial score (nSPS) is 15.8. The highest BCUT2D eigenvalue weighted by molar-refractivity contribution is 5.88. The van der Waals surface area contributed by atoms with Crippen molar-refractivity contribution in [1.82, 2.24) is 14.9 Å². The molecule has 4 rings (SSSR count). The number of ether oxygens (including phenoxy) is 1. The number of hydrogen-bond donors (Lipinski definition) is 2. The van der Waals surface area contributed by atoms with E-state index < -0.39 is 0 Å². The van der Waals surface area contributed by atoms with E-state index >= 15 is 0 Å². The maximum atomic E-state index is 11.1. The zero-order valence-corrected chi connectivity index (χ0v) is 15.9. The van der Waals surface area contributed by atoms with Gasteiger partial charge in [0.2, 0.25) is 5.91 Å². The van der Waals surface area contributed by atoms with Gasteiger partial charge in [0.15, 0.2) is 0 Å². The first-order valence-corrected chi connectivity index (χ1v) is 9.48. The lowest BCUT2D eigenvalue weighted by molar-refractivity contribution is -0.114. The molecule has 0 unspecified atom stereocenters. The molecule has 2 aromatic carbocycles. The van der Waals surface area contributed by atoms with Crippen LogP contribution in [0.4, 0.5) is 5.69 Å². The number of nitrogens with one attached hydrogen (secondary N) is 2. The first kappa shape index (κ1) is 18.4. The van der Waals surface area contributed by atoms with Gasteiger partial charge in [-0.25, -0.2) is 4.98 Å². The molecule has 144 valence electrons. The quantitative estimate of drug-likeness (QED) is 0.693. The molecule has 1 amide bonds. The number of hydrogen-bond acceptors (Lipinski definition) is 4. The van der Waals surface area contributed by atoms with E-state index in [1.807, 2.05) is 42.5 Å². The summed E-state index contributed by atoms with van der Waals surface area (Å²) < 4.78 is 8.16. The molecule has 6 nitrogen and oxygen atoms in total. The lowest BCUT2D eigenvalue weighted by Gasteiger charge is -2.24. The van der Waals surface area contributed by atoms with Crippen molar-refractivity contribution in [3.63, 3.8) is 0 Å². The van der Waals surface area contributed by atoms with Crippen molar-refractivity contribution >= 4 is 11.6 Å². The first-order valence-electron chi connectivity index (χ1n) is 9.48. The van der Waals surface area contributed by atoms with Gasteiger partial charge >= 0.3 is 0 Å². The predicted molar refractivity (Wildman–Crippen MR) is 109 cm³/mol. The summed E-state index contributed by atoms with van der Waals surface area (Å²) in [7, 11) is 0. The molecule has 1 aliphatic heterocycles. The van der Waals surface area contributed by atoms with E-state index in [1.54, 1.807) is 0 Å². The minimum atomic E-state index is -0.0605. The van der Waals surface area contributed by atoms with Gasteiger partial charge in [-0.1, -0.05) is 42.5 Å². The second-order valence-corrected chi connectivity index (χ2v) is 7.00. The summed E-state index contributed by atoms with van der Waals surface area (Å²) in [5, 5.41) is 6.23. The summed E-state index contributed by atoms with van der Waals surface area (Å²) in [4.78, 5) is 15.8. The Morgan fingerprint density at radius 2 is 1.96 bits per heavy atom. The van der Waals surface area contributed by atoms with E-state index in [1.165, 1.54) is 12.5 Å². The van der Waals surface area contributed by atoms with Crippen LogP contribution < -0.4 is 10.6 Å². The molecule has 28 heavy (non-hydrogen) atoms. The monoisotopic (exact) mass is 376 g/mol. The lowest BCUT2D eigenvalue weighted by atomic mass is 10.2. The Hall–Kier alpha value is -2.96. The number of imidazole rings is 1. The maximum Gasteiger partial charge on any atom is 0.221 e. The molecule has 1 aliphatic rings. The van der Waals surface area contributed by atoms with Crippen molar-refractivity contribution in [2.45, 2.75) is 32.7 Å². The van der Waals surface area contributed by atoms with Crippen molar-refractivity contribution in [2.24, 2.45) is 0 Å². The first-order chi connectivity index (χ1) is 13.7. The fourth-order valence-corrected chi connectivity index (χ4v) is 3.35. The van der Waals surface area contributed by atoms with Crippen LogP contribution in [0.25, 0.3) is 11.3 Å². The molecule has 2 heterocycles. The summed E-state index contributed by atoms with van der Waals surface area (Å²) in [5.74, 6) is 0.915. The van der Waals surface area contributed by atoms with E-state index in [0.717, 1.165) is 42.4 Å². The third kappa shape index (κ3) is 4.47. The average molecular weight is 376 g/mol. The molecular weight excluding hydrogens is 352 g/mol. The van der Waals surface area contributed by atoms with Crippen LogP contribution in [0.3, 0.4) is 0 Å². The Morgan fingerprint density at radius 3 is 2.71 bits per heavy atom. The minimum absolute atomic E-state index is 0.0605. The van der Waals surface area contributed by atoms with Gasteiger partial charge < -0.3 is 19.9 Å². The molecule has 1 atom stereocenters. The SMILES string of the molecule is CC(=O)Nc1ccc(CNC[C@H]2Cn3cc(-c4ccccc4)nc3CO2)cc1. The number of fused-ring (bicyclic) bond motifs is 1. The van der Waals surface area contributed by atoms with Gasteiger partial charge in [0.25, 0.3) is 0 Å². The Balaban J connectivity index is 1.29. The minimum Gasteiger partial charge on any atom is -0.367 e. The largest absolute Gasteiger partial charge is 0.367 e. The topological polar surface area (TPSA) is 68.2 Å². The van der Waals surface area contributed by atoms with Gasteiger partial charge in [-0.15, -0.1) is 0 Å². The van der Waals surface area contributed by atoms with E-state index in [4.69, 9.17) is 9.72 Å². The van der Waals surface area contributed by atoms with Gasteiger partial charge in [0.1, 0.15) is 12.4 Å². The Bertz CT molecular complexity index is 935. The average Bonchev–Trinajstić information content (AvgIpc) is 3.13. The smallest absolute Gasteiger partial charge is 0.221 e. The van der Waals surface area contributed by atoms with Crippen LogP contribution in [0.5, 0.6) is 0 Å². The number of rotatable bonds is 6. The van der Waals surface area contributed by atoms with Crippen LogP contribution in [0, 0.1) is 0 Å². The molecule has 0 spiro atoms. The summed E-state index contributed by atoms with van der Waals surface area (Å²) >= 11 is 0. The number of carbonyl (C=O) groups is 1. The molecule has 3 aromatic rings. The standard InChI is InChI=1S/C22H24N4O2/c1-16(27)24-19-9-7-17(8-10-19)11-23-12-20-13-26-14-21(25-22(26)15-28-20)18-5-3-2-4-6-18/h2-10,14,20,23H,11-13,15H2,1H3,(H,24,27)/t20-/m0/s1. The van der Waals surface area contributed by atoms with Crippen LogP contribution in [-0.2, 0) is 29.2 Å². The molecular formula is C22H24N4O2. The molecule has 0 fully saturated rings. The predicted octanol–water partition coefficient (Wildman–Crippen LogP) is 3.20. The highest BCUT2D eigenvalue weighted by atomic mass is 16.5. The molecule has 1 aromatic heterocycles. The highest BCUT2D eigenvalue weighted by Crippen LogP contribution is 2.22. The van der Waals surface area contributed by atoms with Gasteiger partial charge in [-0.2, -0.15) is 0 Å². The molecule has 6 heteroatoms. The summed E-state index contributed by atoms with van der Waals surface area (Å²) in [5.41, 5.74) is 4.10. The van der Waals surface area contributed by atoms with Crippen LogP contribution >= 0.6 is 0 Å². The van der Waals surface area contributed by atoms with E-state index in [9.17, 15) is 4.79 Å². The molecule has 0 aliphatic carbocycles. The van der Waals surface area contributed by atoms with Crippen LogP contribution in [0.15, 0.2) is 60.8 Å². The lowest BCUT2D eigenvalue weighted by Crippen LogP contribution is -2.35. The fourth-order valence-electron chi connectivity index (χ4n) is 3.35. The van der Waals surface area contributed by atoms with Crippen LogP contribution in [0.1, 0.15) is 18.3 Å². The van der Waals surface area contributed by atoms with Crippen molar-refractivity contribution in [1.29, 1.82) is 0 Å². The zero-order valence-electron chi connectivity index (χ0n) is 15.9. The second-order valence-electron chi connectivity index (χ2n) is 7.00. The highest BCUT2D eigenvalue weighted by Gasteiger charge is 2.21. The number of nitrogens with zero attached hydrogens (tertiary/aromatic N) is 2. The van der Waals surface area contributed by atoms with Crippen molar-refractivity contribution in [2.75, 3.05) is 11.9 Å². The number of amides is 1. The number of carbonyl (C=O) groups excluding carboxylic acids is 1. The summed E-state index contributed by atoms with van der Waals surface area (Å²) in [6.45, 7) is 4.36. The van der Waals surface area contributed by atoms with Gasteiger partial charge in [0.05, 0.1) is 18.3 Å². The van der Waals surface area contributed by atoms with Gasteiger partial charge in [-0.3, -0.25) is 4.79 Å². The van der Waals surface area contributed by atoms with Gasteiger partial charge in [0, 0.05) is 37.5 Å². The van der Waals surface area contributed by atoms with E-state index in [0.29, 0.717) is 6.61 Å². The Morgan fingerprint density at radius 1 is 1.18 bits per heavy atom. The van der Waals surface area contributed by atoms with Crippen LogP contribution in [0.2, 0.25) is 0 Å². The number of anilines is 1. The third-order valence-electron chi connectivity index (χ3n) is 4.75. The van der Waals surface area contributed by atoms with E-state index in [-0.39, 0.29) is 12.0 Å². The Labute approximate surface area is 164 Å². The van der Waals surface area contributed by atoms with Crippen LogP contribution in [-0.4, -0.2) is 28.1 Å². The Kier molecular flexibility index (Phi) is 5.50. The van der Waals surface area contributed by atoms with Crippen molar-refractivity contribution < 1.29 is 9.53 Å². The summed E-state index contributed by atoms with van der Waals surface area (Å²) in [6.07, 6.45) is 2.23. The van der Waals surface area contributed by atoms with Gasteiger partial charge in [-0.05, 0) is 17.7 Å². The molecule has 0 radical (unpaired) electrons. The summed E-state index contributed by atoms with van der Waals surface area (Å²) in [6, 6.07) is 18.1. The zero-order chi connectivity index (χ0) is 19.3. The molecule has 0 saturated heterocycles. The maximum absolute atomic E-state index is 11.1. The van der Waals surface area contributed by atoms with E-state index in [2.05, 4.69) is 33.5 Å². The number of aromatic nitrogens is 2. The molecule has 2 N–H and O–H groups in total. The third-order valence-corrected chi connectivity index (χ3v) is 4.75. The molecule has 0 bridgehead atoms. The van der Waals surface area contributed by atoms with Crippen molar-refractivity contribution in [3.8, 4) is 11.3 Å². The fraction of sp³-hybridized carbons (Fsp3) is 0.273. The second kappa shape index (κ2) is 8.37. The molecule has 0 saturated carbocycles. The number of benzene rings is 2. The van der Waals surface area contributed by atoms with Crippen molar-refractivity contribution in [3.05, 3.63) is 72.2 Å².